The maximum absolute atomic E-state index is 8.57. The van der Waals surface area contributed by atoms with Crippen LogP contribution >= 0.6 is 0 Å². The van der Waals surface area contributed by atoms with Gasteiger partial charge in [-0.05, 0) is 19.3 Å². The van der Waals surface area contributed by atoms with E-state index in [2.05, 4.69) is 13.3 Å². The molecule has 0 aliphatic heterocycles. The largest absolute Gasteiger partial charge is 0.396 e. The van der Waals surface area contributed by atoms with Gasteiger partial charge in [0.05, 0.1) is 0 Å². The molecule has 0 bridgehead atoms. The van der Waals surface area contributed by atoms with Crippen molar-refractivity contribution in [2.75, 3.05) is 6.61 Å². The van der Waals surface area contributed by atoms with E-state index in [0.717, 1.165) is 12.8 Å². The lowest BCUT2D eigenvalue weighted by Gasteiger charge is -2.01. The lowest BCUT2D eigenvalue weighted by molar-refractivity contribution is 0.287. The lowest BCUT2D eigenvalue weighted by Crippen LogP contribution is -1.85. The smallest absolute Gasteiger partial charge is 0.0431 e. The summed E-state index contributed by atoms with van der Waals surface area (Å²) in [5, 5.41) is 8.57. The van der Waals surface area contributed by atoms with Crippen LogP contribution in [0.5, 0.6) is 0 Å². The van der Waals surface area contributed by atoms with E-state index >= 15 is 0 Å². The zero-order valence-corrected chi connectivity index (χ0v) is 9.80. The molecule has 0 aromatic heterocycles. The van der Waals surface area contributed by atoms with Gasteiger partial charge in [-0.2, -0.15) is 0 Å². The Kier molecular flexibility index (Phi) is 12.9. The fraction of sp³-hybridized carbons (Fsp3) is 0.923. The first-order valence-electron chi connectivity index (χ1n) is 6.34. The monoisotopic (exact) mass is 199 g/mol. The van der Waals surface area contributed by atoms with Crippen molar-refractivity contribution in [1.82, 2.24) is 0 Å². The predicted octanol–water partition coefficient (Wildman–Crippen LogP) is 4.10. The van der Waals surface area contributed by atoms with Crippen LogP contribution < -0.4 is 0 Å². The summed E-state index contributed by atoms with van der Waals surface area (Å²) in [6.45, 7) is 2.60. The summed E-state index contributed by atoms with van der Waals surface area (Å²) >= 11 is 0. The summed E-state index contributed by atoms with van der Waals surface area (Å²) < 4.78 is 0. The molecule has 0 spiro atoms. The Labute approximate surface area is 89.9 Å². The van der Waals surface area contributed by atoms with Gasteiger partial charge in [-0.15, -0.1) is 0 Å². The second-order valence-electron chi connectivity index (χ2n) is 4.06. The zero-order chi connectivity index (χ0) is 10.5. The quantitative estimate of drug-likeness (QED) is 0.497. The van der Waals surface area contributed by atoms with Crippen LogP contribution in [-0.2, 0) is 0 Å². The highest BCUT2D eigenvalue weighted by Gasteiger charge is 1.92. The standard InChI is InChI=1S/C13H27O/c1-2-3-4-5-6-7-8-9-10-11-12-13-14/h10,14H,2-9,11-13H2,1H3. The van der Waals surface area contributed by atoms with Crippen LogP contribution in [0.2, 0.25) is 0 Å². The molecule has 0 saturated heterocycles. The van der Waals surface area contributed by atoms with Crippen molar-refractivity contribution in [3.63, 3.8) is 0 Å². The molecule has 1 heteroatoms. The molecule has 1 N–H and O–H groups in total. The van der Waals surface area contributed by atoms with Crippen molar-refractivity contribution in [2.45, 2.75) is 71.1 Å². The van der Waals surface area contributed by atoms with Crippen LogP contribution in [0.25, 0.3) is 0 Å². The minimum Gasteiger partial charge on any atom is -0.396 e. The maximum atomic E-state index is 8.57. The number of aliphatic hydroxyl groups is 1. The van der Waals surface area contributed by atoms with Gasteiger partial charge in [0.1, 0.15) is 0 Å². The second-order valence-corrected chi connectivity index (χ2v) is 4.06. The number of rotatable bonds is 11. The Morgan fingerprint density at radius 3 is 2.00 bits per heavy atom. The predicted molar refractivity (Wildman–Crippen MR) is 63.2 cm³/mol. The van der Waals surface area contributed by atoms with Gasteiger partial charge in [0.25, 0.3) is 0 Å². The number of aliphatic hydroxyl groups excluding tert-OH is 1. The molecule has 0 atom stereocenters. The number of hydrogen-bond acceptors (Lipinski definition) is 1. The highest BCUT2D eigenvalue weighted by molar-refractivity contribution is 4.63. The van der Waals surface area contributed by atoms with E-state index in [9.17, 15) is 0 Å². The summed E-state index contributed by atoms with van der Waals surface area (Å²) in [5.74, 6) is 0. The Balaban J connectivity index is 2.78. The van der Waals surface area contributed by atoms with Gasteiger partial charge in [-0.25, -0.2) is 0 Å². The highest BCUT2D eigenvalue weighted by Crippen LogP contribution is 2.10. The van der Waals surface area contributed by atoms with Gasteiger partial charge < -0.3 is 5.11 Å². The molecular weight excluding hydrogens is 172 g/mol. The van der Waals surface area contributed by atoms with Crippen LogP contribution in [0.1, 0.15) is 71.1 Å². The zero-order valence-electron chi connectivity index (χ0n) is 9.80. The van der Waals surface area contributed by atoms with Crippen LogP contribution in [-0.4, -0.2) is 11.7 Å². The third kappa shape index (κ3) is 12.0. The van der Waals surface area contributed by atoms with Crippen molar-refractivity contribution in [2.24, 2.45) is 0 Å². The first kappa shape index (κ1) is 14.0. The van der Waals surface area contributed by atoms with E-state index in [0.29, 0.717) is 6.61 Å². The molecule has 0 heterocycles. The Hall–Kier alpha value is -0.0400. The molecule has 0 amide bonds. The van der Waals surface area contributed by atoms with Crippen LogP contribution in [0, 0.1) is 6.42 Å². The van der Waals surface area contributed by atoms with Crippen molar-refractivity contribution in [3.05, 3.63) is 6.42 Å². The summed E-state index contributed by atoms with van der Waals surface area (Å²) in [4.78, 5) is 0. The lowest BCUT2D eigenvalue weighted by atomic mass is 10.1. The van der Waals surface area contributed by atoms with E-state index in [1.807, 2.05) is 0 Å². The molecule has 0 aliphatic carbocycles. The second kappa shape index (κ2) is 13.0. The summed E-state index contributed by atoms with van der Waals surface area (Å²) in [6, 6.07) is 0. The Morgan fingerprint density at radius 2 is 1.36 bits per heavy atom. The van der Waals surface area contributed by atoms with Gasteiger partial charge in [-0.1, -0.05) is 58.3 Å². The average Bonchev–Trinajstić information content (AvgIpc) is 2.21. The van der Waals surface area contributed by atoms with E-state index in [-0.39, 0.29) is 0 Å². The minimum atomic E-state index is 0.341. The molecule has 0 unspecified atom stereocenters. The van der Waals surface area contributed by atoms with Gasteiger partial charge in [0.15, 0.2) is 0 Å². The van der Waals surface area contributed by atoms with Gasteiger partial charge in [0, 0.05) is 6.61 Å². The Bertz CT molecular complexity index is 79.2. The van der Waals surface area contributed by atoms with E-state index in [1.54, 1.807) is 0 Å². The third-order valence-electron chi connectivity index (χ3n) is 2.58. The van der Waals surface area contributed by atoms with E-state index in [4.69, 9.17) is 5.11 Å². The first-order chi connectivity index (χ1) is 6.91. The van der Waals surface area contributed by atoms with Gasteiger partial charge in [-0.3, -0.25) is 0 Å². The topological polar surface area (TPSA) is 20.2 Å². The molecule has 0 fully saturated rings. The average molecular weight is 199 g/mol. The number of unbranched alkanes of at least 4 members (excludes halogenated alkanes) is 10. The molecule has 0 rings (SSSR count). The molecular formula is C13H27O. The van der Waals surface area contributed by atoms with Crippen molar-refractivity contribution < 1.29 is 5.11 Å². The highest BCUT2D eigenvalue weighted by atomic mass is 16.2. The molecule has 0 saturated carbocycles. The molecule has 0 aliphatic rings. The van der Waals surface area contributed by atoms with Crippen molar-refractivity contribution >= 4 is 0 Å². The molecule has 0 aromatic rings. The van der Waals surface area contributed by atoms with Crippen LogP contribution in [0.4, 0.5) is 0 Å². The molecule has 14 heavy (non-hydrogen) atoms. The van der Waals surface area contributed by atoms with E-state index in [1.165, 1.54) is 51.4 Å². The third-order valence-corrected chi connectivity index (χ3v) is 2.58. The molecule has 1 radical (unpaired) electrons. The molecule has 85 valence electrons. The fourth-order valence-corrected chi connectivity index (χ4v) is 1.63. The van der Waals surface area contributed by atoms with Crippen LogP contribution in [0.3, 0.4) is 0 Å². The van der Waals surface area contributed by atoms with Crippen molar-refractivity contribution in [3.8, 4) is 0 Å². The van der Waals surface area contributed by atoms with Gasteiger partial charge in [0.2, 0.25) is 0 Å². The maximum Gasteiger partial charge on any atom is 0.0431 e. The normalized spacial score (nSPS) is 10.7. The van der Waals surface area contributed by atoms with Crippen LogP contribution in [0.15, 0.2) is 0 Å². The fourth-order valence-electron chi connectivity index (χ4n) is 1.63. The minimum absolute atomic E-state index is 0.341. The summed E-state index contributed by atoms with van der Waals surface area (Å²) in [5.41, 5.74) is 0. The summed E-state index contributed by atoms with van der Waals surface area (Å²) in [6.07, 6.45) is 15.3. The molecule has 1 nitrogen and oxygen atoms in total. The Morgan fingerprint density at radius 1 is 0.786 bits per heavy atom. The molecule has 0 aromatic carbocycles. The first-order valence-corrected chi connectivity index (χ1v) is 6.34. The number of hydrogen-bond donors (Lipinski definition) is 1. The SMILES string of the molecule is CCCCCCCCC[CH]CCCO. The van der Waals surface area contributed by atoms with Crippen molar-refractivity contribution in [1.29, 1.82) is 0 Å². The summed E-state index contributed by atoms with van der Waals surface area (Å²) in [7, 11) is 0. The van der Waals surface area contributed by atoms with E-state index < -0.39 is 0 Å². The van der Waals surface area contributed by atoms with Gasteiger partial charge >= 0.3 is 0 Å².